The van der Waals surface area contributed by atoms with Gasteiger partial charge in [-0.3, -0.25) is 4.79 Å². The summed E-state index contributed by atoms with van der Waals surface area (Å²) in [4.78, 5) is 11.1. The van der Waals surface area contributed by atoms with Gasteiger partial charge in [0, 0.05) is 12.3 Å². The van der Waals surface area contributed by atoms with Crippen LogP contribution in [0.2, 0.25) is 0 Å². The van der Waals surface area contributed by atoms with Crippen LogP contribution in [0.3, 0.4) is 0 Å². The number of carbonyl (C=O) groups excluding carboxylic acids is 1. The maximum Gasteiger partial charge on any atom is 0.134 e. The summed E-state index contributed by atoms with van der Waals surface area (Å²) in [5.41, 5.74) is 2.19. The molecule has 1 aromatic carbocycles. The van der Waals surface area contributed by atoms with Crippen LogP contribution in [0.5, 0.6) is 0 Å². The number of halogens is 1. The number of allylic oxidation sites excluding steroid dienone is 1. The van der Waals surface area contributed by atoms with Crippen LogP contribution >= 0.6 is 11.6 Å². The lowest BCUT2D eigenvalue weighted by atomic mass is 10.0. The minimum Gasteiger partial charge on any atom is -0.300 e. The fourth-order valence-electron chi connectivity index (χ4n) is 1.40. The summed E-state index contributed by atoms with van der Waals surface area (Å²) < 4.78 is 0. The Kier molecular flexibility index (Phi) is 5.13. The van der Waals surface area contributed by atoms with Crippen molar-refractivity contribution in [3.8, 4) is 0 Å². The fourth-order valence-corrected chi connectivity index (χ4v) is 1.53. The Hall–Kier alpha value is -1.08. The SMILES string of the molecule is CC(=O)Cc1ccccc1C=CCCCl. The van der Waals surface area contributed by atoms with Crippen molar-refractivity contribution < 1.29 is 4.79 Å². The highest BCUT2D eigenvalue weighted by molar-refractivity contribution is 6.17. The zero-order valence-corrected chi connectivity index (χ0v) is 9.63. The summed E-state index contributed by atoms with van der Waals surface area (Å²) in [6.07, 6.45) is 5.42. The van der Waals surface area contributed by atoms with Crippen LogP contribution in [0.15, 0.2) is 30.3 Å². The second-order valence-electron chi connectivity index (χ2n) is 3.46. The van der Waals surface area contributed by atoms with Crippen molar-refractivity contribution in [1.29, 1.82) is 0 Å². The van der Waals surface area contributed by atoms with Gasteiger partial charge in [-0.15, -0.1) is 11.6 Å². The van der Waals surface area contributed by atoms with Gasteiger partial charge < -0.3 is 0 Å². The minimum absolute atomic E-state index is 0.188. The van der Waals surface area contributed by atoms with Gasteiger partial charge >= 0.3 is 0 Å². The molecule has 0 atom stereocenters. The molecule has 0 spiro atoms. The van der Waals surface area contributed by atoms with E-state index >= 15 is 0 Å². The van der Waals surface area contributed by atoms with Gasteiger partial charge in [-0.05, 0) is 24.5 Å². The molecule has 0 heterocycles. The quantitative estimate of drug-likeness (QED) is 0.698. The van der Waals surface area contributed by atoms with Crippen LogP contribution in [-0.4, -0.2) is 11.7 Å². The maximum atomic E-state index is 11.1. The number of alkyl halides is 1. The Labute approximate surface area is 95.8 Å². The lowest BCUT2D eigenvalue weighted by Crippen LogP contribution is -1.98. The first-order chi connectivity index (χ1) is 7.24. The molecule has 0 fully saturated rings. The Morgan fingerprint density at radius 1 is 1.40 bits per heavy atom. The van der Waals surface area contributed by atoms with Gasteiger partial charge in [0.05, 0.1) is 0 Å². The van der Waals surface area contributed by atoms with Crippen LogP contribution in [0, 0.1) is 0 Å². The van der Waals surface area contributed by atoms with E-state index in [1.165, 1.54) is 0 Å². The molecule has 0 unspecified atom stereocenters. The summed E-state index contributed by atoms with van der Waals surface area (Å²) in [5, 5.41) is 0. The number of carbonyl (C=O) groups is 1. The zero-order chi connectivity index (χ0) is 11.1. The van der Waals surface area contributed by atoms with Crippen LogP contribution in [-0.2, 0) is 11.2 Å². The van der Waals surface area contributed by atoms with Crippen molar-refractivity contribution in [2.24, 2.45) is 0 Å². The van der Waals surface area contributed by atoms with E-state index in [2.05, 4.69) is 0 Å². The van der Waals surface area contributed by atoms with Crippen LogP contribution in [0.4, 0.5) is 0 Å². The number of ketones is 1. The molecule has 0 saturated carbocycles. The van der Waals surface area contributed by atoms with E-state index < -0.39 is 0 Å². The van der Waals surface area contributed by atoms with Gasteiger partial charge in [-0.1, -0.05) is 36.4 Å². The molecule has 0 aliphatic carbocycles. The molecule has 1 aromatic rings. The topological polar surface area (TPSA) is 17.1 Å². The van der Waals surface area contributed by atoms with E-state index in [1.807, 2.05) is 36.4 Å². The van der Waals surface area contributed by atoms with Crippen LogP contribution in [0.25, 0.3) is 6.08 Å². The number of benzene rings is 1. The molecule has 0 aliphatic heterocycles. The molecular formula is C13H15ClO. The summed E-state index contributed by atoms with van der Waals surface area (Å²) in [5.74, 6) is 0.818. The van der Waals surface area contributed by atoms with Gasteiger partial charge in [-0.25, -0.2) is 0 Å². The predicted octanol–water partition coefficient (Wildman–Crippen LogP) is 3.46. The molecule has 1 rings (SSSR count). The Morgan fingerprint density at radius 3 is 2.80 bits per heavy atom. The zero-order valence-electron chi connectivity index (χ0n) is 8.87. The van der Waals surface area contributed by atoms with Gasteiger partial charge in [0.25, 0.3) is 0 Å². The monoisotopic (exact) mass is 222 g/mol. The van der Waals surface area contributed by atoms with Crippen molar-refractivity contribution >= 4 is 23.5 Å². The van der Waals surface area contributed by atoms with E-state index in [4.69, 9.17) is 11.6 Å². The molecule has 2 heteroatoms. The van der Waals surface area contributed by atoms with Crippen molar-refractivity contribution in [3.05, 3.63) is 41.5 Å². The Balaban J connectivity index is 2.81. The summed E-state index contributed by atoms with van der Waals surface area (Å²) in [6.45, 7) is 1.61. The van der Waals surface area contributed by atoms with Crippen LogP contribution in [0.1, 0.15) is 24.5 Å². The molecular weight excluding hydrogens is 208 g/mol. The second kappa shape index (κ2) is 6.41. The highest BCUT2D eigenvalue weighted by Gasteiger charge is 2.00. The largest absolute Gasteiger partial charge is 0.300 e. The second-order valence-corrected chi connectivity index (χ2v) is 3.84. The Morgan fingerprint density at radius 2 is 2.13 bits per heavy atom. The third kappa shape index (κ3) is 4.30. The standard InChI is InChI=1S/C13H15ClO/c1-11(15)10-13-8-3-2-6-12(13)7-4-5-9-14/h2-4,6-8H,5,9-10H2,1H3. The van der Waals surface area contributed by atoms with Crippen molar-refractivity contribution in [3.63, 3.8) is 0 Å². The molecule has 0 aromatic heterocycles. The molecule has 0 bridgehead atoms. The number of hydrogen-bond donors (Lipinski definition) is 0. The number of rotatable bonds is 5. The normalized spacial score (nSPS) is 10.8. The number of Topliss-reactive ketones (excluding diaryl/α,β-unsaturated/α-hetero) is 1. The third-order valence-electron chi connectivity index (χ3n) is 2.07. The highest BCUT2D eigenvalue weighted by Crippen LogP contribution is 2.12. The van der Waals surface area contributed by atoms with E-state index in [-0.39, 0.29) is 5.78 Å². The number of hydrogen-bond acceptors (Lipinski definition) is 1. The summed E-state index contributed by atoms with van der Waals surface area (Å²) >= 11 is 5.59. The molecule has 0 saturated heterocycles. The van der Waals surface area contributed by atoms with Gasteiger partial charge in [-0.2, -0.15) is 0 Å². The molecule has 0 radical (unpaired) electrons. The average Bonchev–Trinajstić information content (AvgIpc) is 2.20. The van der Waals surface area contributed by atoms with Crippen molar-refractivity contribution in [2.75, 3.05) is 5.88 Å². The van der Waals surface area contributed by atoms with Crippen LogP contribution < -0.4 is 0 Å². The van der Waals surface area contributed by atoms with E-state index in [0.717, 1.165) is 17.5 Å². The Bertz CT molecular complexity index is 355. The smallest absolute Gasteiger partial charge is 0.134 e. The minimum atomic E-state index is 0.188. The third-order valence-corrected chi connectivity index (χ3v) is 2.29. The molecule has 80 valence electrons. The van der Waals surface area contributed by atoms with E-state index in [9.17, 15) is 4.79 Å². The van der Waals surface area contributed by atoms with Gasteiger partial charge in [0.15, 0.2) is 0 Å². The van der Waals surface area contributed by atoms with E-state index in [1.54, 1.807) is 6.92 Å². The lowest BCUT2D eigenvalue weighted by Gasteiger charge is -2.02. The first kappa shape index (κ1) is 12.0. The average molecular weight is 223 g/mol. The first-order valence-corrected chi connectivity index (χ1v) is 5.57. The highest BCUT2D eigenvalue weighted by atomic mass is 35.5. The van der Waals surface area contributed by atoms with Crippen molar-refractivity contribution in [1.82, 2.24) is 0 Å². The summed E-state index contributed by atoms with van der Waals surface area (Å²) in [7, 11) is 0. The first-order valence-electron chi connectivity index (χ1n) is 5.04. The molecule has 1 nitrogen and oxygen atoms in total. The van der Waals surface area contributed by atoms with E-state index in [0.29, 0.717) is 12.3 Å². The lowest BCUT2D eigenvalue weighted by molar-refractivity contribution is -0.116. The summed E-state index contributed by atoms with van der Waals surface area (Å²) in [6, 6.07) is 7.94. The van der Waals surface area contributed by atoms with Gasteiger partial charge in [0.2, 0.25) is 0 Å². The predicted molar refractivity (Wildman–Crippen MR) is 65.2 cm³/mol. The molecule has 15 heavy (non-hydrogen) atoms. The molecule has 0 N–H and O–H groups in total. The molecule has 0 aliphatic rings. The van der Waals surface area contributed by atoms with Crippen molar-refractivity contribution in [2.45, 2.75) is 19.8 Å². The molecule has 0 amide bonds. The maximum absolute atomic E-state index is 11.1. The fraction of sp³-hybridized carbons (Fsp3) is 0.308. The van der Waals surface area contributed by atoms with Gasteiger partial charge in [0.1, 0.15) is 5.78 Å².